The van der Waals surface area contributed by atoms with Crippen molar-refractivity contribution in [2.45, 2.75) is 44.6 Å². The van der Waals surface area contributed by atoms with Gasteiger partial charge in [-0.15, -0.1) is 0 Å². The number of nitrogens with zero attached hydrogens (tertiary/aromatic N) is 1. The third-order valence-corrected chi connectivity index (χ3v) is 4.81. The summed E-state index contributed by atoms with van der Waals surface area (Å²) in [5, 5.41) is 5.96. The predicted octanol–water partition coefficient (Wildman–Crippen LogP) is 2.28. The van der Waals surface area contributed by atoms with Crippen LogP contribution >= 0.6 is 0 Å². The van der Waals surface area contributed by atoms with E-state index in [-0.39, 0.29) is 20.6 Å². The third-order valence-electron chi connectivity index (χ3n) is 4.81. The molecule has 2 atom stereocenters. The van der Waals surface area contributed by atoms with Crippen LogP contribution in [0.3, 0.4) is 0 Å². The van der Waals surface area contributed by atoms with Crippen LogP contribution in [-0.2, 0) is 9.59 Å². The predicted molar refractivity (Wildman–Crippen MR) is 94.7 cm³/mol. The van der Waals surface area contributed by atoms with E-state index in [9.17, 15) is 9.59 Å². The van der Waals surface area contributed by atoms with E-state index in [2.05, 4.69) is 34.6 Å². The molecule has 2 aliphatic rings. The summed E-state index contributed by atoms with van der Waals surface area (Å²) in [5.41, 5.74) is 2.21. The molecule has 128 valence electrons. The molecule has 0 aromatic heterocycles. The quantitative estimate of drug-likeness (QED) is 0.836. The number of imide groups is 1. The van der Waals surface area contributed by atoms with Crippen LogP contribution in [0.5, 0.6) is 0 Å². The number of likely N-dealkylation sites (N-methyl/N-ethyl adjacent to an activating group) is 1. The van der Waals surface area contributed by atoms with Crippen molar-refractivity contribution in [2.75, 3.05) is 24.5 Å². The number of benzene rings is 1. The molecule has 2 aliphatic heterocycles. The maximum Gasteiger partial charge on any atom is 0.234 e. The Bertz CT molecular complexity index is 578. The molecule has 0 saturated carbocycles. The number of carbonyl (C=O) groups excluding carboxylic acids is 2. The molecular formula is C18H29N3O2. The van der Waals surface area contributed by atoms with Crippen LogP contribution in [0.2, 0.25) is 0 Å². The number of carbonyl (C=O) groups is 2. The highest BCUT2D eigenvalue weighted by Gasteiger charge is 2.28. The number of amides is 2. The Morgan fingerprint density at radius 3 is 2.74 bits per heavy atom. The van der Waals surface area contributed by atoms with Gasteiger partial charge in [0.05, 0.1) is 5.92 Å². The molecule has 2 N–H and O–H groups in total. The largest absolute Gasteiger partial charge is 0.370 e. The zero-order valence-electron chi connectivity index (χ0n) is 13.7. The molecule has 0 aliphatic carbocycles. The Morgan fingerprint density at radius 1 is 1.26 bits per heavy atom. The minimum atomic E-state index is -0.197. The van der Waals surface area contributed by atoms with E-state index in [0.29, 0.717) is 18.9 Å². The first-order valence-corrected chi connectivity index (χ1v) is 8.59. The van der Waals surface area contributed by atoms with Crippen molar-refractivity contribution in [2.24, 2.45) is 0 Å². The minimum Gasteiger partial charge on any atom is -0.370 e. The van der Waals surface area contributed by atoms with Gasteiger partial charge in [0, 0.05) is 34.1 Å². The molecular weight excluding hydrogens is 290 g/mol. The zero-order valence-corrected chi connectivity index (χ0v) is 13.7. The van der Waals surface area contributed by atoms with Gasteiger partial charge in [0.1, 0.15) is 0 Å². The summed E-state index contributed by atoms with van der Waals surface area (Å²) in [6.07, 6.45) is 3.47. The van der Waals surface area contributed by atoms with Crippen molar-refractivity contribution in [3.8, 4) is 0 Å². The lowest BCUT2D eigenvalue weighted by atomic mass is 9.90. The molecule has 3 rings (SSSR count). The van der Waals surface area contributed by atoms with E-state index < -0.39 is 0 Å². The highest BCUT2D eigenvalue weighted by atomic mass is 16.2. The Hall–Kier alpha value is -1.88. The SMILES string of the molecule is CCNC1CCCN(c2ccc(C3CCC(=O)NC3=O)cc2)C1.[HH].[HH]. The number of hydrogen-bond acceptors (Lipinski definition) is 4. The average molecular weight is 319 g/mol. The van der Waals surface area contributed by atoms with Crippen LogP contribution in [-0.4, -0.2) is 37.5 Å². The van der Waals surface area contributed by atoms with Crippen LogP contribution in [0.15, 0.2) is 24.3 Å². The topological polar surface area (TPSA) is 61.4 Å². The minimum absolute atomic E-state index is 0. The number of nitrogens with one attached hydrogen (secondary N) is 2. The first kappa shape index (κ1) is 16.0. The van der Waals surface area contributed by atoms with Gasteiger partial charge in [-0.1, -0.05) is 19.1 Å². The first-order chi connectivity index (χ1) is 11.2. The van der Waals surface area contributed by atoms with Crippen LogP contribution in [0.1, 0.15) is 46.9 Å². The molecule has 2 unspecified atom stereocenters. The van der Waals surface area contributed by atoms with E-state index in [1.165, 1.54) is 18.5 Å². The smallest absolute Gasteiger partial charge is 0.234 e. The Labute approximate surface area is 140 Å². The van der Waals surface area contributed by atoms with Crippen molar-refractivity contribution in [1.82, 2.24) is 10.6 Å². The molecule has 0 spiro atoms. The normalized spacial score (nSPS) is 25.3. The second kappa shape index (κ2) is 7.13. The van der Waals surface area contributed by atoms with Gasteiger partial charge in [-0.25, -0.2) is 0 Å². The fourth-order valence-electron chi connectivity index (χ4n) is 3.60. The number of anilines is 1. The lowest BCUT2D eigenvalue weighted by Crippen LogP contribution is -2.45. The summed E-state index contributed by atoms with van der Waals surface area (Å²) in [6.45, 7) is 5.27. The maximum atomic E-state index is 12.0. The Balaban J connectivity index is 0.00000156. The molecule has 0 radical (unpaired) electrons. The summed E-state index contributed by atoms with van der Waals surface area (Å²) in [5.74, 6) is -0.526. The fourth-order valence-corrected chi connectivity index (χ4v) is 3.60. The van der Waals surface area contributed by atoms with Crippen molar-refractivity contribution in [1.29, 1.82) is 0 Å². The molecule has 1 aromatic rings. The summed E-state index contributed by atoms with van der Waals surface area (Å²) < 4.78 is 0. The molecule has 2 heterocycles. The van der Waals surface area contributed by atoms with Gasteiger partial charge in [0.2, 0.25) is 11.8 Å². The van der Waals surface area contributed by atoms with E-state index >= 15 is 0 Å². The maximum absolute atomic E-state index is 12.0. The molecule has 2 amide bonds. The van der Waals surface area contributed by atoms with E-state index in [0.717, 1.165) is 25.2 Å². The summed E-state index contributed by atoms with van der Waals surface area (Å²) in [4.78, 5) is 25.6. The molecule has 0 bridgehead atoms. The lowest BCUT2D eigenvalue weighted by molar-refractivity contribution is -0.134. The highest BCUT2D eigenvalue weighted by molar-refractivity contribution is 6.00. The first-order valence-electron chi connectivity index (χ1n) is 8.59. The van der Waals surface area contributed by atoms with Gasteiger partial charge >= 0.3 is 0 Å². The van der Waals surface area contributed by atoms with Crippen LogP contribution in [0.4, 0.5) is 5.69 Å². The molecule has 2 saturated heterocycles. The summed E-state index contributed by atoms with van der Waals surface area (Å²) in [6, 6.07) is 8.84. The van der Waals surface area contributed by atoms with Gasteiger partial charge in [-0.05, 0) is 43.5 Å². The van der Waals surface area contributed by atoms with Crippen molar-refractivity contribution < 1.29 is 12.4 Å². The summed E-state index contributed by atoms with van der Waals surface area (Å²) in [7, 11) is 0. The zero-order chi connectivity index (χ0) is 16.2. The molecule has 23 heavy (non-hydrogen) atoms. The lowest BCUT2D eigenvalue weighted by Gasteiger charge is -2.35. The van der Waals surface area contributed by atoms with Gasteiger partial charge in [-0.2, -0.15) is 0 Å². The van der Waals surface area contributed by atoms with E-state index in [1.807, 2.05) is 12.1 Å². The number of hydrogen-bond donors (Lipinski definition) is 2. The molecule has 5 heteroatoms. The van der Waals surface area contributed by atoms with E-state index in [1.54, 1.807) is 0 Å². The highest BCUT2D eigenvalue weighted by Crippen LogP contribution is 2.27. The fraction of sp³-hybridized carbons (Fsp3) is 0.556. The van der Waals surface area contributed by atoms with Gasteiger partial charge in [0.25, 0.3) is 0 Å². The monoisotopic (exact) mass is 319 g/mol. The molecule has 5 nitrogen and oxygen atoms in total. The van der Waals surface area contributed by atoms with Gasteiger partial charge in [-0.3, -0.25) is 14.9 Å². The third kappa shape index (κ3) is 3.72. The van der Waals surface area contributed by atoms with Crippen molar-refractivity contribution >= 4 is 17.5 Å². The second-order valence-electron chi connectivity index (χ2n) is 6.44. The van der Waals surface area contributed by atoms with Gasteiger partial charge in [0.15, 0.2) is 0 Å². The molecule has 2 fully saturated rings. The van der Waals surface area contributed by atoms with Crippen LogP contribution in [0.25, 0.3) is 0 Å². The van der Waals surface area contributed by atoms with E-state index in [4.69, 9.17) is 0 Å². The van der Waals surface area contributed by atoms with Crippen LogP contribution in [0, 0.1) is 0 Å². The second-order valence-corrected chi connectivity index (χ2v) is 6.44. The van der Waals surface area contributed by atoms with Gasteiger partial charge < -0.3 is 10.2 Å². The van der Waals surface area contributed by atoms with Crippen LogP contribution < -0.4 is 15.5 Å². The molecule has 1 aromatic carbocycles. The average Bonchev–Trinajstić information content (AvgIpc) is 2.56. The van der Waals surface area contributed by atoms with Crippen molar-refractivity contribution in [3.05, 3.63) is 29.8 Å². The Morgan fingerprint density at radius 2 is 2.04 bits per heavy atom. The Kier molecular flexibility index (Phi) is 4.96. The standard InChI is InChI=1S/C18H25N3O2.2H2/c1-2-19-14-4-3-11-21(12-14)15-7-5-13(6-8-15)16-9-10-17(22)20-18(16)23;;/h5-8,14,16,19H,2-4,9-12H2,1H3,(H,20,22,23);2*1H. The van der Waals surface area contributed by atoms with Crippen molar-refractivity contribution in [3.63, 3.8) is 0 Å². The summed E-state index contributed by atoms with van der Waals surface area (Å²) >= 11 is 0. The number of piperidine rings is 2. The number of rotatable bonds is 4.